The lowest BCUT2D eigenvalue weighted by molar-refractivity contribution is 0.0928. The van der Waals surface area contributed by atoms with E-state index in [0.29, 0.717) is 31.0 Å². The van der Waals surface area contributed by atoms with Gasteiger partial charge >= 0.3 is 0 Å². The van der Waals surface area contributed by atoms with E-state index in [1.165, 1.54) is 6.07 Å². The van der Waals surface area contributed by atoms with Gasteiger partial charge in [0.2, 0.25) is 0 Å². The van der Waals surface area contributed by atoms with Crippen LogP contribution in [0.5, 0.6) is 0 Å². The fourth-order valence-corrected chi connectivity index (χ4v) is 4.23. The Bertz CT molecular complexity index is 875. The van der Waals surface area contributed by atoms with Gasteiger partial charge in [-0.05, 0) is 28.1 Å². The predicted octanol–water partition coefficient (Wildman–Crippen LogP) is 4.03. The van der Waals surface area contributed by atoms with Crippen molar-refractivity contribution in [2.75, 3.05) is 20.3 Å². The number of hydrogen-bond donors (Lipinski definition) is 1. The number of carbonyl (C=O) groups excluding carboxylic acids is 1. The van der Waals surface area contributed by atoms with Gasteiger partial charge in [-0.25, -0.2) is 4.39 Å². The summed E-state index contributed by atoms with van der Waals surface area (Å²) in [5, 5.41) is 4.79. The van der Waals surface area contributed by atoms with Crippen molar-refractivity contribution in [3.63, 3.8) is 0 Å². The zero-order valence-corrected chi connectivity index (χ0v) is 15.4. The molecular weight excluding hydrogens is 395 g/mol. The zero-order chi connectivity index (χ0) is 17.1. The first kappa shape index (κ1) is 17.1. The molecule has 0 saturated heterocycles. The van der Waals surface area contributed by atoms with E-state index in [1.807, 2.05) is 16.0 Å². The molecule has 1 N–H and O–H groups in total. The van der Waals surface area contributed by atoms with Crippen LogP contribution in [0, 0.1) is 5.82 Å². The van der Waals surface area contributed by atoms with Gasteiger partial charge in [0, 0.05) is 24.6 Å². The van der Waals surface area contributed by atoms with E-state index >= 15 is 0 Å². The molecule has 126 valence electrons. The summed E-state index contributed by atoms with van der Waals surface area (Å²) >= 11 is 5.06. The normalized spacial score (nSPS) is 11.1. The Morgan fingerprint density at radius 2 is 2.21 bits per heavy atom. The number of amides is 1. The minimum absolute atomic E-state index is 0.196. The first-order chi connectivity index (χ1) is 11.6. The molecule has 0 aliphatic carbocycles. The topological polar surface area (TPSA) is 43.3 Å². The quantitative estimate of drug-likeness (QED) is 0.623. The van der Waals surface area contributed by atoms with Crippen LogP contribution >= 0.6 is 27.3 Å². The fraction of sp³-hybridized carbons (Fsp3) is 0.235. The van der Waals surface area contributed by atoms with Crippen LogP contribution in [0.1, 0.15) is 16.1 Å². The molecule has 3 rings (SSSR count). The Kier molecular flexibility index (Phi) is 5.33. The molecule has 0 fully saturated rings. The van der Waals surface area contributed by atoms with Gasteiger partial charge in [-0.1, -0.05) is 18.2 Å². The predicted molar refractivity (Wildman–Crippen MR) is 97.2 cm³/mol. The lowest BCUT2D eigenvalue weighted by Gasteiger charge is -2.12. The number of halogens is 2. The molecule has 0 atom stereocenters. The molecule has 0 spiro atoms. The molecule has 1 amide bonds. The summed E-state index contributed by atoms with van der Waals surface area (Å²) in [4.78, 5) is 12.5. The summed E-state index contributed by atoms with van der Waals surface area (Å²) in [5.41, 5.74) is 1.95. The first-order valence-corrected chi connectivity index (χ1v) is 9.06. The van der Waals surface area contributed by atoms with Crippen molar-refractivity contribution in [2.24, 2.45) is 0 Å². The van der Waals surface area contributed by atoms with Crippen molar-refractivity contribution >= 4 is 43.4 Å². The second-order valence-corrected chi connectivity index (χ2v) is 7.02. The highest BCUT2D eigenvalue weighted by molar-refractivity contribution is 9.10. The summed E-state index contributed by atoms with van der Waals surface area (Å²) in [5.74, 6) is -0.477. The molecule has 0 unspecified atom stereocenters. The molecule has 0 bridgehead atoms. The van der Waals surface area contributed by atoms with Crippen LogP contribution in [0.4, 0.5) is 4.39 Å². The summed E-state index contributed by atoms with van der Waals surface area (Å²) in [6.45, 7) is 1.16. The van der Waals surface area contributed by atoms with E-state index in [0.717, 1.165) is 14.7 Å². The van der Waals surface area contributed by atoms with Crippen molar-refractivity contribution in [2.45, 2.75) is 6.54 Å². The summed E-state index contributed by atoms with van der Waals surface area (Å²) in [6, 6.07) is 8.45. The number of rotatable bonds is 6. The van der Waals surface area contributed by atoms with Crippen LogP contribution in [0.25, 0.3) is 10.2 Å². The number of hydrogen-bond acceptors (Lipinski definition) is 3. The minimum atomic E-state index is -0.281. The number of ether oxygens (including phenoxy) is 1. The molecule has 0 aliphatic heterocycles. The van der Waals surface area contributed by atoms with Crippen LogP contribution in [0.3, 0.4) is 0 Å². The van der Waals surface area contributed by atoms with E-state index in [-0.39, 0.29) is 11.7 Å². The number of nitrogens with zero attached hydrogens (tertiary/aromatic N) is 1. The maximum absolute atomic E-state index is 14.0. The molecule has 2 heterocycles. The summed E-state index contributed by atoms with van der Waals surface area (Å²) < 4.78 is 22.7. The molecular formula is C17H16BrFN2O2S. The van der Waals surface area contributed by atoms with Gasteiger partial charge in [0.1, 0.15) is 11.5 Å². The molecule has 2 aromatic heterocycles. The van der Waals surface area contributed by atoms with E-state index in [9.17, 15) is 9.18 Å². The Morgan fingerprint density at radius 1 is 1.42 bits per heavy atom. The number of thiophene rings is 1. The van der Waals surface area contributed by atoms with E-state index in [1.54, 1.807) is 36.6 Å². The van der Waals surface area contributed by atoms with Crippen molar-refractivity contribution < 1.29 is 13.9 Å². The number of methoxy groups -OCH3 is 1. The first-order valence-electron chi connectivity index (χ1n) is 7.38. The molecule has 0 saturated carbocycles. The standard InChI is InChI=1S/C17H16BrFN2O2S/c1-23-7-6-20-17(22)14-8-15-16(12(18)10-24-15)21(14)9-11-4-2-3-5-13(11)19/h2-5,8,10H,6-7,9H2,1H3,(H,20,22). The third-order valence-corrected chi connectivity index (χ3v) is 5.51. The average Bonchev–Trinajstić information content (AvgIpc) is 3.11. The number of benzene rings is 1. The molecule has 1 aromatic carbocycles. The van der Waals surface area contributed by atoms with Gasteiger partial charge in [0.25, 0.3) is 5.91 Å². The molecule has 24 heavy (non-hydrogen) atoms. The summed E-state index contributed by atoms with van der Waals surface area (Å²) in [6.07, 6.45) is 0. The van der Waals surface area contributed by atoms with Crippen LogP contribution in [0.2, 0.25) is 0 Å². The average molecular weight is 411 g/mol. The van der Waals surface area contributed by atoms with Gasteiger partial charge in [-0.15, -0.1) is 11.3 Å². The van der Waals surface area contributed by atoms with Gasteiger partial charge < -0.3 is 14.6 Å². The van der Waals surface area contributed by atoms with Gasteiger partial charge in [0.15, 0.2) is 0 Å². The van der Waals surface area contributed by atoms with Gasteiger partial charge in [-0.2, -0.15) is 0 Å². The Labute approximate surface area is 151 Å². The highest BCUT2D eigenvalue weighted by Gasteiger charge is 2.19. The summed E-state index contributed by atoms with van der Waals surface area (Å²) in [7, 11) is 1.58. The van der Waals surface area contributed by atoms with E-state index < -0.39 is 0 Å². The van der Waals surface area contributed by atoms with Gasteiger partial charge in [0.05, 0.1) is 27.8 Å². The molecule has 0 radical (unpaired) electrons. The van der Waals surface area contributed by atoms with Crippen molar-refractivity contribution in [1.82, 2.24) is 9.88 Å². The van der Waals surface area contributed by atoms with E-state index in [4.69, 9.17) is 4.74 Å². The van der Waals surface area contributed by atoms with Gasteiger partial charge in [-0.3, -0.25) is 4.79 Å². The van der Waals surface area contributed by atoms with Crippen LogP contribution < -0.4 is 5.32 Å². The maximum Gasteiger partial charge on any atom is 0.268 e. The van der Waals surface area contributed by atoms with Crippen molar-refractivity contribution in [3.05, 3.63) is 57.3 Å². The third-order valence-electron chi connectivity index (χ3n) is 3.69. The fourth-order valence-electron chi connectivity index (χ4n) is 2.54. The molecule has 3 aromatic rings. The van der Waals surface area contributed by atoms with E-state index in [2.05, 4.69) is 21.2 Å². The molecule has 0 aliphatic rings. The number of aromatic nitrogens is 1. The highest BCUT2D eigenvalue weighted by atomic mass is 79.9. The largest absolute Gasteiger partial charge is 0.383 e. The highest BCUT2D eigenvalue weighted by Crippen LogP contribution is 2.34. The second-order valence-electron chi connectivity index (χ2n) is 5.25. The lowest BCUT2D eigenvalue weighted by Crippen LogP contribution is -2.29. The zero-order valence-electron chi connectivity index (χ0n) is 13.0. The Balaban J connectivity index is 2.00. The Hall–Kier alpha value is -1.70. The van der Waals surface area contributed by atoms with Crippen molar-refractivity contribution in [3.8, 4) is 0 Å². The Morgan fingerprint density at radius 3 is 2.96 bits per heavy atom. The van der Waals surface area contributed by atoms with Crippen LogP contribution in [-0.2, 0) is 11.3 Å². The maximum atomic E-state index is 14.0. The van der Waals surface area contributed by atoms with Crippen LogP contribution in [0.15, 0.2) is 40.2 Å². The number of nitrogens with one attached hydrogen (secondary N) is 1. The van der Waals surface area contributed by atoms with Crippen molar-refractivity contribution in [1.29, 1.82) is 0 Å². The molecule has 7 heteroatoms. The number of fused-ring (bicyclic) bond motifs is 1. The number of carbonyl (C=O) groups is 1. The molecule has 4 nitrogen and oxygen atoms in total. The monoisotopic (exact) mass is 410 g/mol. The minimum Gasteiger partial charge on any atom is -0.383 e. The SMILES string of the molecule is COCCNC(=O)c1cc2scc(Br)c2n1Cc1ccccc1F. The smallest absolute Gasteiger partial charge is 0.268 e. The van der Waals surface area contributed by atoms with Crippen LogP contribution in [-0.4, -0.2) is 30.7 Å². The second kappa shape index (κ2) is 7.46. The lowest BCUT2D eigenvalue weighted by atomic mass is 10.2. The third kappa shape index (κ3) is 3.38.